The van der Waals surface area contributed by atoms with Crippen molar-refractivity contribution in [2.75, 3.05) is 6.61 Å². The maximum Gasteiger partial charge on any atom is 0.338 e. The highest BCUT2D eigenvalue weighted by Gasteiger charge is 2.27. The third kappa shape index (κ3) is 10.9. The minimum absolute atomic E-state index is 0.204. The van der Waals surface area contributed by atoms with Crippen molar-refractivity contribution in [2.45, 2.75) is 92.9 Å². The molecule has 0 saturated heterocycles. The van der Waals surface area contributed by atoms with Crippen molar-refractivity contribution < 1.29 is 9.53 Å². The fraction of sp³-hybridized carbons (Fsp3) is 0.731. The highest BCUT2D eigenvalue weighted by Crippen LogP contribution is 2.39. The Labute approximate surface area is 174 Å². The third-order valence-electron chi connectivity index (χ3n) is 5.53. The van der Waals surface area contributed by atoms with Crippen molar-refractivity contribution in [3.63, 3.8) is 0 Å². The molecule has 0 amide bonds. The number of carbonyl (C=O) groups excluding carboxylic acids is 1. The molecule has 1 aromatic carbocycles. The van der Waals surface area contributed by atoms with Crippen LogP contribution in [0.4, 0.5) is 0 Å². The first-order valence-corrected chi connectivity index (χ1v) is 11.4. The number of unbranched alkanes of at least 4 members (excludes halogenated alkanes) is 3. The van der Waals surface area contributed by atoms with Crippen LogP contribution in [0, 0.1) is 23.2 Å². The molecule has 2 atom stereocenters. The van der Waals surface area contributed by atoms with Crippen LogP contribution >= 0.6 is 0 Å². The van der Waals surface area contributed by atoms with Crippen LogP contribution in [0.1, 0.15) is 103 Å². The van der Waals surface area contributed by atoms with Crippen molar-refractivity contribution in [2.24, 2.45) is 23.2 Å². The van der Waals surface area contributed by atoms with Crippen LogP contribution in [0.15, 0.2) is 30.3 Å². The molecule has 0 bridgehead atoms. The second-order valence-electron chi connectivity index (χ2n) is 10.0. The number of carbonyl (C=O) groups is 1. The Morgan fingerprint density at radius 2 is 1.54 bits per heavy atom. The molecule has 2 unspecified atom stereocenters. The summed E-state index contributed by atoms with van der Waals surface area (Å²) in [6, 6.07) is 9.25. The zero-order valence-electron chi connectivity index (χ0n) is 19.3. The molecule has 0 heterocycles. The number of esters is 1. The van der Waals surface area contributed by atoms with Gasteiger partial charge in [-0.1, -0.05) is 79.0 Å². The van der Waals surface area contributed by atoms with E-state index < -0.39 is 0 Å². The average Bonchev–Trinajstić information content (AvgIpc) is 2.59. The van der Waals surface area contributed by atoms with E-state index in [0.29, 0.717) is 17.6 Å². The van der Waals surface area contributed by atoms with Gasteiger partial charge in [0.2, 0.25) is 0 Å². The van der Waals surface area contributed by atoms with Crippen molar-refractivity contribution in [1.29, 1.82) is 0 Å². The Hall–Kier alpha value is -1.31. The van der Waals surface area contributed by atoms with Gasteiger partial charge in [-0.25, -0.2) is 4.79 Å². The van der Waals surface area contributed by atoms with Gasteiger partial charge >= 0.3 is 5.97 Å². The molecule has 1 aromatic rings. The number of ether oxygens (including phenoxy) is 1. The van der Waals surface area contributed by atoms with E-state index in [1.165, 1.54) is 38.5 Å². The van der Waals surface area contributed by atoms with E-state index in [1.54, 1.807) is 12.1 Å². The summed E-state index contributed by atoms with van der Waals surface area (Å²) in [5.74, 6) is 2.15. The van der Waals surface area contributed by atoms with E-state index in [1.807, 2.05) is 18.2 Å². The fourth-order valence-corrected chi connectivity index (χ4v) is 4.83. The molecule has 2 nitrogen and oxygen atoms in total. The molecular weight excluding hydrogens is 344 g/mol. The highest BCUT2D eigenvalue weighted by atomic mass is 16.5. The van der Waals surface area contributed by atoms with Crippen LogP contribution in [0.5, 0.6) is 0 Å². The van der Waals surface area contributed by atoms with Crippen molar-refractivity contribution in [3.8, 4) is 0 Å². The Balaban J connectivity index is 2.27. The van der Waals surface area contributed by atoms with Crippen LogP contribution in [0.3, 0.4) is 0 Å². The molecular formula is C26H44O2. The van der Waals surface area contributed by atoms with Gasteiger partial charge in [0.1, 0.15) is 0 Å². The van der Waals surface area contributed by atoms with Gasteiger partial charge in [0.15, 0.2) is 0 Å². The summed E-state index contributed by atoms with van der Waals surface area (Å²) in [6.45, 7) is 14.8. The van der Waals surface area contributed by atoms with E-state index >= 15 is 0 Å². The van der Waals surface area contributed by atoms with Gasteiger partial charge in [-0.3, -0.25) is 0 Å². The van der Waals surface area contributed by atoms with Crippen LogP contribution in [0.25, 0.3) is 0 Å². The molecule has 0 aliphatic heterocycles. The Morgan fingerprint density at radius 1 is 0.893 bits per heavy atom. The summed E-state index contributed by atoms with van der Waals surface area (Å²) in [7, 11) is 0. The summed E-state index contributed by atoms with van der Waals surface area (Å²) in [5.41, 5.74) is 1.10. The normalized spacial score (nSPS) is 14.9. The topological polar surface area (TPSA) is 26.3 Å². The Bertz CT molecular complexity index is 535. The SMILES string of the molecule is CC(C)CC(C)CC(C)(CCCCCCOC(=O)c1ccccc1)CC(C)C. The number of benzene rings is 1. The van der Waals surface area contributed by atoms with Crippen molar-refractivity contribution >= 4 is 5.97 Å². The van der Waals surface area contributed by atoms with Gasteiger partial charge < -0.3 is 4.74 Å². The van der Waals surface area contributed by atoms with E-state index in [9.17, 15) is 4.79 Å². The lowest BCUT2D eigenvalue weighted by Crippen LogP contribution is -2.23. The van der Waals surface area contributed by atoms with Crippen LogP contribution < -0.4 is 0 Å². The smallest absolute Gasteiger partial charge is 0.338 e. The molecule has 0 saturated carbocycles. The molecule has 0 aliphatic rings. The Morgan fingerprint density at radius 3 is 2.14 bits per heavy atom. The predicted octanol–water partition coefficient (Wildman–Crippen LogP) is 7.92. The molecule has 2 heteroatoms. The molecule has 0 spiro atoms. The molecule has 28 heavy (non-hydrogen) atoms. The maximum absolute atomic E-state index is 11.9. The van der Waals surface area contributed by atoms with Crippen LogP contribution in [0.2, 0.25) is 0 Å². The van der Waals surface area contributed by atoms with Gasteiger partial charge in [0, 0.05) is 0 Å². The lowest BCUT2D eigenvalue weighted by Gasteiger charge is -2.35. The van der Waals surface area contributed by atoms with Crippen molar-refractivity contribution in [1.82, 2.24) is 0 Å². The molecule has 160 valence electrons. The Kier molecular flexibility index (Phi) is 11.5. The van der Waals surface area contributed by atoms with Crippen LogP contribution in [-0.4, -0.2) is 12.6 Å². The minimum atomic E-state index is -0.204. The summed E-state index contributed by atoms with van der Waals surface area (Å²) in [5, 5.41) is 0. The lowest BCUT2D eigenvalue weighted by atomic mass is 9.71. The zero-order valence-corrected chi connectivity index (χ0v) is 19.3. The zero-order chi connectivity index (χ0) is 21.0. The second-order valence-corrected chi connectivity index (χ2v) is 10.0. The van der Waals surface area contributed by atoms with E-state index in [-0.39, 0.29) is 5.97 Å². The minimum Gasteiger partial charge on any atom is -0.462 e. The quantitative estimate of drug-likeness (QED) is 0.239. The molecule has 0 radical (unpaired) electrons. The van der Waals surface area contributed by atoms with Gasteiger partial charge in [-0.2, -0.15) is 0 Å². The summed E-state index contributed by atoms with van der Waals surface area (Å²) >= 11 is 0. The summed E-state index contributed by atoms with van der Waals surface area (Å²) in [6.07, 6.45) is 9.93. The van der Waals surface area contributed by atoms with Gasteiger partial charge in [0.05, 0.1) is 12.2 Å². The van der Waals surface area contributed by atoms with Gasteiger partial charge in [-0.15, -0.1) is 0 Å². The first-order valence-electron chi connectivity index (χ1n) is 11.4. The summed E-state index contributed by atoms with van der Waals surface area (Å²) in [4.78, 5) is 11.9. The van der Waals surface area contributed by atoms with E-state index in [2.05, 4.69) is 41.5 Å². The molecule has 0 aromatic heterocycles. The second kappa shape index (κ2) is 13.0. The average molecular weight is 389 g/mol. The monoisotopic (exact) mass is 388 g/mol. The van der Waals surface area contributed by atoms with Crippen molar-refractivity contribution in [3.05, 3.63) is 35.9 Å². The number of rotatable bonds is 14. The number of hydrogen-bond donors (Lipinski definition) is 0. The maximum atomic E-state index is 11.9. The number of hydrogen-bond acceptors (Lipinski definition) is 2. The fourth-order valence-electron chi connectivity index (χ4n) is 4.83. The largest absolute Gasteiger partial charge is 0.462 e. The molecule has 1 rings (SSSR count). The van der Waals surface area contributed by atoms with E-state index in [0.717, 1.165) is 30.6 Å². The standard InChI is InChI=1S/C26H44O2/c1-21(2)18-23(5)20-26(6,19-22(3)4)16-12-7-8-13-17-28-25(27)24-14-10-9-11-15-24/h9-11,14-15,21-23H,7-8,12-13,16-20H2,1-6H3. The highest BCUT2D eigenvalue weighted by molar-refractivity contribution is 5.89. The van der Waals surface area contributed by atoms with Crippen LogP contribution in [-0.2, 0) is 4.74 Å². The van der Waals surface area contributed by atoms with E-state index in [4.69, 9.17) is 4.74 Å². The first-order chi connectivity index (χ1) is 13.2. The predicted molar refractivity (Wildman–Crippen MR) is 121 cm³/mol. The van der Waals surface area contributed by atoms with Gasteiger partial charge in [-0.05, 0) is 67.4 Å². The molecule has 0 N–H and O–H groups in total. The first kappa shape index (κ1) is 24.7. The van der Waals surface area contributed by atoms with Gasteiger partial charge in [0.25, 0.3) is 0 Å². The summed E-state index contributed by atoms with van der Waals surface area (Å²) < 4.78 is 5.38. The third-order valence-corrected chi connectivity index (χ3v) is 5.53. The lowest BCUT2D eigenvalue weighted by molar-refractivity contribution is 0.0497. The molecule has 0 fully saturated rings. The molecule has 0 aliphatic carbocycles.